The van der Waals surface area contributed by atoms with Gasteiger partial charge in [0.05, 0.1) is 25.5 Å². The van der Waals surface area contributed by atoms with Crippen LogP contribution in [-0.2, 0) is 4.74 Å². The van der Waals surface area contributed by atoms with E-state index < -0.39 is 22.4 Å². The lowest BCUT2D eigenvalue weighted by molar-refractivity contribution is -0.385. The number of benzene rings is 2. The van der Waals surface area contributed by atoms with Crippen LogP contribution in [0.4, 0.5) is 5.69 Å². The Labute approximate surface area is 134 Å². The molecule has 0 saturated carbocycles. The zero-order chi connectivity index (χ0) is 16.1. The smallest absolute Gasteiger partial charge is 0.338 e. The van der Waals surface area contributed by atoms with E-state index >= 15 is 0 Å². The van der Waals surface area contributed by atoms with Crippen molar-refractivity contribution in [2.45, 2.75) is 6.92 Å². The highest BCUT2D eigenvalue weighted by Crippen LogP contribution is 2.23. The van der Waals surface area contributed by atoms with Gasteiger partial charge in [0.1, 0.15) is 5.56 Å². The van der Waals surface area contributed by atoms with E-state index in [2.05, 4.69) is 0 Å². The van der Waals surface area contributed by atoms with Crippen LogP contribution in [-0.4, -0.2) is 31.7 Å². The fraction of sp³-hybridized carbons (Fsp3) is 0.125. The normalized spacial score (nSPS) is 9.61. The summed E-state index contributed by atoms with van der Waals surface area (Å²) in [6, 6.07) is 11.9. The molecule has 6 nitrogen and oxygen atoms in total. The largest absolute Gasteiger partial charge is 0.462 e. The second-order valence-electron chi connectivity index (χ2n) is 4.40. The van der Waals surface area contributed by atoms with E-state index in [0.29, 0.717) is 5.56 Å². The fourth-order valence-electron chi connectivity index (χ4n) is 1.96. The van der Waals surface area contributed by atoms with Crippen molar-refractivity contribution < 1.29 is 19.2 Å². The van der Waals surface area contributed by atoms with Crippen LogP contribution in [0.3, 0.4) is 0 Å². The predicted octanol–water partition coefficient (Wildman–Crippen LogP) is 1.82. The van der Waals surface area contributed by atoms with Gasteiger partial charge in [-0.15, -0.1) is 0 Å². The minimum atomic E-state index is -0.682. The number of nitro groups is 1. The third kappa shape index (κ3) is 4.03. The molecule has 0 amide bonds. The molecule has 0 N–H and O–H groups in total. The van der Waals surface area contributed by atoms with Crippen LogP contribution in [0, 0.1) is 10.1 Å². The van der Waals surface area contributed by atoms with Crippen LogP contribution in [0.2, 0.25) is 0 Å². The van der Waals surface area contributed by atoms with Gasteiger partial charge in [-0.2, -0.15) is 0 Å². The molecule has 0 fully saturated rings. The quantitative estimate of drug-likeness (QED) is 0.276. The first-order valence-corrected chi connectivity index (χ1v) is 6.60. The molecule has 0 radical (unpaired) electrons. The molecule has 0 aliphatic carbocycles. The molecule has 0 bridgehead atoms. The minimum Gasteiger partial charge on any atom is -0.462 e. The van der Waals surface area contributed by atoms with Crippen molar-refractivity contribution >= 4 is 25.9 Å². The highest BCUT2D eigenvalue weighted by Gasteiger charge is 2.23. The van der Waals surface area contributed by atoms with Gasteiger partial charge in [-0.1, -0.05) is 30.3 Å². The molecule has 7 heteroatoms. The summed E-state index contributed by atoms with van der Waals surface area (Å²) in [6.45, 7) is 1.80. The number of carbonyl (C=O) groups is 2. The Morgan fingerprint density at radius 1 is 1.09 bits per heavy atom. The van der Waals surface area contributed by atoms with Crippen LogP contribution < -0.4 is 0 Å². The summed E-state index contributed by atoms with van der Waals surface area (Å²) in [4.78, 5) is 34.5. The van der Waals surface area contributed by atoms with Gasteiger partial charge in [0.2, 0.25) is 0 Å². The number of hydrogen-bond donors (Lipinski definition) is 0. The highest BCUT2D eigenvalue weighted by atomic mass is 16.6. The number of carbonyl (C=O) groups excluding carboxylic acids is 2. The molecule has 0 heterocycles. The average Bonchev–Trinajstić information content (AvgIpc) is 2.54. The predicted molar refractivity (Wildman–Crippen MR) is 88.9 cm³/mol. The van der Waals surface area contributed by atoms with Gasteiger partial charge in [-0.3, -0.25) is 14.9 Å². The van der Waals surface area contributed by atoms with Crippen molar-refractivity contribution in [2.24, 2.45) is 0 Å². The van der Waals surface area contributed by atoms with Gasteiger partial charge in [-0.25, -0.2) is 4.79 Å². The Morgan fingerprint density at radius 2 is 1.74 bits per heavy atom. The Balaban J connectivity index is 0.00000264. The molecule has 0 spiro atoms. The van der Waals surface area contributed by atoms with Crippen molar-refractivity contribution in [2.75, 3.05) is 6.61 Å². The van der Waals surface area contributed by atoms with E-state index in [1.807, 2.05) is 0 Å². The standard InChI is InChI=1S/C16H13NO5.BH3/c1-2-22-16(19)12-8-9-13(14(10-12)17(20)21)15(18)11-6-4-3-5-7-11;/h3-10H,2H2,1H3;1H3. The summed E-state index contributed by atoms with van der Waals surface area (Å²) in [5.74, 6) is -1.13. The van der Waals surface area contributed by atoms with Crippen LogP contribution in [0.1, 0.15) is 33.2 Å². The van der Waals surface area contributed by atoms with Gasteiger partial charge < -0.3 is 4.74 Å². The lowest BCUT2D eigenvalue weighted by atomic mass is 10.00. The average molecular weight is 313 g/mol. The van der Waals surface area contributed by atoms with Gasteiger partial charge in [-0.05, 0) is 19.1 Å². The molecule has 2 aromatic carbocycles. The number of rotatable bonds is 5. The summed E-state index contributed by atoms with van der Waals surface area (Å²) < 4.78 is 4.80. The lowest BCUT2D eigenvalue weighted by Gasteiger charge is -2.05. The van der Waals surface area contributed by atoms with Crippen molar-refractivity contribution in [1.29, 1.82) is 0 Å². The van der Waals surface area contributed by atoms with Crippen LogP contribution >= 0.6 is 0 Å². The van der Waals surface area contributed by atoms with Crippen molar-refractivity contribution in [3.05, 3.63) is 75.3 Å². The monoisotopic (exact) mass is 313 g/mol. The van der Waals surface area contributed by atoms with E-state index in [1.165, 1.54) is 12.1 Å². The molecule has 23 heavy (non-hydrogen) atoms. The molecule has 2 rings (SSSR count). The van der Waals surface area contributed by atoms with Gasteiger partial charge in [0.25, 0.3) is 5.69 Å². The van der Waals surface area contributed by atoms with Crippen molar-refractivity contribution in [3.8, 4) is 0 Å². The van der Waals surface area contributed by atoms with Gasteiger partial charge in [0, 0.05) is 11.6 Å². The summed E-state index contributed by atoms with van der Waals surface area (Å²) in [5.41, 5.74) is -0.101. The maximum atomic E-state index is 12.4. The number of hydrogen-bond acceptors (Lipinski definition) is 5. The minimum absolute atomic E-state index is 0. The Morgan fingerprint density at radius 3 is 2.30 bits per heavy atom. The van der Waals surface area contributed by atoms with Crippen molar-refractivity contribution in [3.63, 3.8) is 0 Å². The highest BCUT2D eigenvalue weighted by molar-refractivity contribution is 6.12. The zero-order valence-corrected chi connectivity index (χ0v) is 11.8. The van der Waals surface area contributed by atoms with E-state index in [0.717, 1.165) is 6.07 Å². The number of ether oxygens (including phenoxy) is 1. The van der Waals surface area contributed by atoms with E-state index in [4.69, 9.17) is 4.74 Å². The maximum Gasteiger partial charge on any atom is 0.338 e. The van der Waals surface area contributed by atoms with Gasteiger partial charge >= 0.3 is 5.97 Å². The molecule has 0 unspecified atom stereocenters. The molecule has 2 aromatic rings. The van der Waals surface area contributed by atoms with Crippen molar-refractivity contribution in [1.82, 2.24) is 0 Å². The Bertz CT molecular complexity index is 731. The molecule has 0 aliphatic heterocycles. The van der Waals surface area contributed by atoms with Crippen LogP contribution in [0.25, 0.3) is 0 Å². The Kier molecular flexibility index (Phi) is 6.20. The number of esters is 1. The molecule has 0 saturated heterocycles. The fourth-order valence-corrected chi connectivity index (χ4v) is 1.96. The maximum absolute atomic E-state index is 12.4. The molecule has 118 valence electrons. The molecule has 0 aromatic heterocycles. The first-order chi connectivity index (χ1) is 10.5. The van der Waals surface area contributed by atoms with Gasteiger partial charge in [0.15, 0.2) is 5.78 Å². The summed E-state index contributed by atoms with van der Waals surface area (Å²) >= 11 is 0. The summed E-state index contributed by atoms with van der Waals surface area (Å²) in [6.07, 6.45) is 0. The molecular formula is C16H16BNO5. The van der Waals surface area contributed by atoms with E-state index in [1.54, 1.807) is 37.3 Å². The summed E-state index contributed by atoms with van der Waals surface area (Å²) in [5, 5.41) is 11.2. The lowest BCUT2D eigenvalue weighted by Crippen LogP contribution is -2.09. The first-order valence-electron chi connectivity index (χ1n) is 6.60. The number of nitro benzene ring substituents is 1. The third-order valence-corrected chi connectivity index (χ3v) is 2.99. The summed E-state index contributed by atoms with van der Waals surface area (Å²) in [7, 11) is 0. The topological polar surface area (TPSA) is 86.5 Å². The van der Waals surface area contributed by atoms with Crippen LogP contribution in [0.15, 0.2) is 48.5 Å². The number of ketones is 1. The SMILES string of the molecule is B.CCOC(=O)c1ccc(C(=O)c2ccccc2)c([N+](=O)[O-])c1. The van der Waals surface area contributed by atoms with E-state index in [-0.39, 0.29) is 26.1 Å². The second-order valence-corrected chi connectivity index (χ2v) is 4.40. The molecule has 0 aliphatic rings. The molecular weight excluding hydrogens is 297 g/mol. The van der Waals surface area contributed by atoms with E-state index in [9.17, 15) is 19.7 Å². The molecule has 0 atom stereocenters. The van der Waals surface area contributed by atoms with Crippen LogP contribution in [0.5, 0.6) is 0 Å². The third-order valence-electron chi connectivity index (χ3n) is 2.99. The number of nitrogens with zero attached hydrogens (tertiary/aromatic N) is 1. The Hall–Kier alpha value is -2.96. The second kappa shape index (κ2) is 7.88. The first kappa shape index (κ1) is 18.1. The zero-order valence-electron chi connectivity index (χ0n) is 11.8.